The third kappa shape index (κ3) is 4.95. The summed E-state index contributed by atoms with van der Waals surface area (Å²) in [6.45, 7) is 0. The second-order valence-corrected chi connectivity index (χ2v) is 7.97. The van der Waals surface area contributed by atoms with Crippen molar-refractivity contribution in [1.82, 2.24) is 0 Å². The van der Waals surface area contributed by atoms with Crippen LogP contribution in [0.2, 0.25) is 0 Å². The third-order valence-corrected chi connectivity index (χ3v) is 5.70. The molecule has 0 fully saturated rings. The lowest BCUT2D eigenvalue weighted by atomic mass is 10.0. The molecular weight excluding hydrogens is 414 g/mol. The summed E-state index contributed by atoms with van der Waals surface area (Å²) in [5.41, 5.74) is 1.92. The van der Waals surface area contributed by atoms with E-state index in [4.69, 9.17) is 0 Å². The minimum absolute atomic E-state index is 0.166. The zero-order chi connectivity index (χ0) is 21.8. The van der Waals surface area contributed by atoms with Crippen LogP contribution in [0.15, 0.2) is 107 Å². The number of halogens is 2. The van der Waals surface area contributed by atoms with Gasteiger partial charge < -0.3 is 0 Å². The summed E-state index contributed by atoms with van der Waals surface area (Å²) >= 11 is 1.50. The van der Waals surface area contributed by atoms with Crippen molar-refractivity contribution >= 4 is 23.3 Å². The van der Waals surface area contributed by atoms with Crippen LogP contribution < -0.4 is 0 Å². The summed E-state index contributed by atoms with van der Waals surface area (Å²) < 4.78 is 26.1. The van der Waals surface area contributed by atoms with Crippen LogP contribution in [-0.2, 0) is 0 Å². The molecule has 0 radical (unpaired) electrons. The molecule has 0 amide bonds. The summed E-state index contributed by atoms with van der Waals surface area (Å²) in [6.07, 6.45) is 0. The van der Waals surface area contributed by atoms with Gasteiger partial charge >= 0.3 is 0 Å². The monoisotopic (exact) mass is 430 g/mol. The van der Waals surface area contributed by atoms with Gasteiger partial charge in [-0.15, -0.1) is 0 Å². The Labute approximate surface area is 182 Å². The second kappa shape index (κ2) is 9.06. The maximum absolute atomic E-state index is 13.0. The lowest BCUT2D eigenvalue weighted by Crippen LogP contribution is -2.01. The van der Waals surface area contributed by atoms with Gasteiger partial charge in [0.05, 0.1) is 0 Å². The first-order valence-electron chi connectivity index (χ1n) is 9.48. The maximum Gasteiger partial charge on any atom is 0.193 e. The zero-order valence-electron chi connectivity index (χ0n) is 16.2. The first-order chi connectivity index (χ1) is 15.0. The van der Waals surface area contributed by atoms with Gasteiger partial charge in [-0.05, 0) is 97.1 Å². The quantitative estimate of drug-likeness (QED) is 0.324. The Kier molecular flexibility index (Phi) is 6.05. The molecule has 0 aliphatic rings. The van der Waals surface area contributed by atoms with Gasteiger partial charge in [0.25, 0.3) is 0 Å². The molecule has 4 rings (SSSR count). The second-order valence-electron chi connectivity index (χ2n) is 6.82. The summed E-state index contributed by atoms with van der Waals surface area (Å²) in [6, 6.07) is 25.3. The molecule has 4 aromatic carbocycles. The summed E-state index contributed by atoms with van der Waals surface area (Å²) in [4.78, 5) is 26.8. The number of rotatable bonds is 6. The van der Waals surface area contributed by atoms with Crippen molar-refractivity contribution in [2.75, 3.05) is 0 Å². The van der Waals surface area contributed by atoms with Gasteiger partial charge in [0.15, 0.2) is 11.6 Å². The van der Waals surface area contributed by atoms with Crippen molar-refractivity contribution in [3.63, 3.8) is 0 Å². The Morgan fingerprint density at radius 3 is 1.00 bits per heavy atom. The number of ketones is 2. The van der Waals surface area contributed by atoms with Gasteiger partial charge in [-0.2, -0.15) is 0 Å². The van der Waals surface area contributed by atoms with Crippen molar-refractivity contribution in [1.29, 1.82) is 0 Å². The molecule has 5 heteroatoms. The van der Waals surface area contributed by atoms with E-state index in [-0.39, 0.29) is 23.2 Å². The van der Waals surface area contributed by atoms with Crippen LogP contribution in [-0.4, -0.2) is 11.6 Å². The van der Waals surface area contributed by atoms with Crippen LogP contribution in [0.3, 0.4) is 0 Å². The molecule has 4 aromatic rings. The van der Waals surface area contributed by atoms with Crippen molar-refractivity contribution in [2.24, 2.45) is 0 Å². The Morgan fingerprint density at radius 1 is 0.452 bits per heavy atom. The minimum atomic E-state index is -0.381. The van der Waals surface area contributed by atoms with Gasteiger partial charge in [0.2, 0.25) is 0 Å². The predicted molar refractivity (Wildman–Crippen MR) is 117 cm³/mol. The lowest BCUT2D eigenvalue weighted by Gasteiger charge is -2.06. The molecule has 0 N–H and O–H groups in total. The van der Waals surface area contributed by atoms with Gasteiger partial charge in [0, 0.05) is 32.0 Å². The molecule has 31 heavy (non-hydrogen) atoms. The average Bonchev–Trinajstić information content (AvgIpc) is 2.80. The molecule has 0 unspecified atom stereocenters. The number of hydrogen-bond acceptors (Lipinski definition) is 3. The van der Waals surface area contributed by atoms with Crippen LogP contribution >= 0.6 is 11.8 Å². The van der Waals surface area contributed by atoms with E-state index in [1.54, 1.807) is 24.3 Å². The molecule has 2 nitrogen and oxygen atoms in total. The van der Waals surface area contributed by atoms with E-state index in [2.05, 4.69) is 0 Å². The van der Waals surface area contributed by atoms with E-state index in [0.29, 0.717) is 22.3 Å². The molecule has 0 saturated carbocycles. The van der Waals surface area contributed by atoms with E-state index in [1.807, 2.05) is 24.3 Å². The van der Waals surface area contributed by atoms with Crippen LogP contribution in [0.1, 0.15) is 31.8 Å². The average molecular weight is 430 g/mol. The van der Waals surface area contributed by atoms with Crippen molar-refractivity contribution < 1.29 is 18.4 Å². The molecule has 0 aliphatic heterocycles. The molecule has 0 spiro atoms. The van der Waals surface area contributed by atoms with E-state index < -0.39 is 0 Å². The first-order valence-corrected chi connectivity index (χ1v) is 10.3. The van der Waals surface area contributed by atoms with E-state index >= 15 is 0 Å². The highest BCUT2D eigenvalue weighted by molar-refractivity contribution is 7.99. The largest absolute Gasteiger partial charge is 0.289 e. The highest BCUT2D eigenvalue weighted by Crippen LogP contribution is 2.28. The summed E-state index contributed by atoms with van der Waals surface area (Å²) in [5, 5.41) is 0. The van der Waals surface area contributed by atoms with Crippen molar-refractivity contribution in [3.05, 3.63) is 131 Å². The first kappa shape index (κ1) is 20.7. The smallest absolute Gasteiger partial charge is 0.193 e. The molecule has 0 atom stereocenters. The number of benzene rings is 4. The van der Waals surface area contributed by atoms with Crippen LogP contribution in [0.25, 0.3) is 0 Å². The van der Waals surface area contributed by atoms with E-state index in [9.17, 15) is 18.4 Å². The highest BCUT2D eigenvalue weighted by atomic mass is 32.2. The Hall–Kier alpha value is -3.57. The summed E-state index contributed by atoms with van der Waals surface area (Å²) in [5.74, 6) is -1.09. The lowest BCUT2D eigenvalue weighted by molar-refractivity contribution is 0.103. The fraction of sp³-hybridized carbons (Fsp3) is 0. The van der Waals surface area contributed by atoms with E-state index in [0.717, 1.165) is 9.79 Å². The standard InChI is InChI=1S/C26H16F2O2S/c27-21-9-1-17(2-10-21)25(29)19-5-13-23(14-6-19)31-24-15-7-20(8-16-24)26(30)18-3-11-22(28)12-4-18/h1-16H. The van der Waals surface area contributed by atoms with Crippen LogP contribution in [0.4, 0.5) is 8.78 Å². The number of hydrogen-bond donors (Lipinski definition) is 0. The SMILES string of the molecule is O=C(c1ccc(F)cc1)c1ccc(Sc2ccc(C(=O)c3ccc(F)cc3)cc2)cc1. The predicted octanol–water partition coefficient (Wildman–Crippen LogP) is 6.58. The van der Waals surface area contributed by atoms with Crippen molar-refractivity contribution in [3.8, 4) is 0 Å². The number of carbonyl (C=O) groups excluding carboxylic acids is 2. The Balaban J connectivity index is 1.43. The molecule has 0 aliphatic carbocycles. The fourth-order valence-electron chi connectivity index (χ4n) is 3.02. The fourth-order valence-corrected chi connectivity index (χ4v) is 3.84. The molecule has 0 saturated heterocycles. The molecule has 152 valence electrons. The Morgan fingerprint density at radius 2 is 0.710 bits per heavy atom. The topological polar surface area (TPSA) is 34.1 Å². The van der Waals surface area contributed by atoms with Crippen LogP contribution in [0.5, 0.6) is 0 Å². The van der Waals surface area contributed by atoms with Crippen molar-refractivity contribution in [2.45, 2.75) is 9.79 Å². The number of carbonyl (C=O) groups is 2. The van der Waals surface area contributed by atoms with Gasteiger partial charge in [-0.25, -0.2) is 8.78 Å². The molecule has 0 aromatic heterocycles. The highest BCUT2D eigenvalue weighted by Gasteiger charge is 2.11. The third-order valence-electron chi connectivity index (χ3n) is 4.68. The molecular formula is C26H16F2O2S. The van der Waals surface area contributed by atoms with Crippen LogP contribution in [0, 0.1) is 11.6 Å². The minimum Gasteiger partial charge on any atom is -0.289 e. The van der Waals surface area contributed by atoms with Gasteiger partial charge in [-0.3, -0.25) is 9.59 Å². The van der Waals surface area contributed by atoms with Gasteiger partial charge in [-0.1, -0.05) is 11.8 Å². The molecule has 0 heterocycles. The normalized spacial score (nSPS) is 10.6. The van der Waals surface area contributed by atoms with E-state index in [1.165, 1.54) is 60.3 Å². The van der Waals surface area contributed by atoms with Gasteiger partial charge in [0.1, 0.15) is 11.6 Å². The summed E-state index contributed by atoms with van der Waals surface area (Å²) in [7, 11) is 0. The maximum atomic E-state index is 13.0. The molecule has 0 bridgehead atoms. The Bertz CT molecular complexity index is 1120. The zero-order valence-corrected chi connectivity index (χ0v) is 17.0.